The van der Waals surface area contributed by atoms with Crippen LogP contribution >= 0.6 is 0 Å². The maximum atomic E-state index is 10.4. The molecule has 2 rings (SSSR count). The first-order chi connectivity index (χ1) is 9.26. The highest BCUT2D eigenvalue weighted by Crippen LogP contribution is 2.23. The van der Waals surface area contributed by atoms with Gasteiger partial charge in [-0.1, -0.05) is 24.3 Å². The Bertz CT molecular complexity index is 555. The molecule has 0 aliphatic heterocycles. The number of rotatable bonds is 5. The molecule has 1 atom stereocenters. The van der Waals surface area contributed by atoms with Gasteiger partial charge in [-0.3, -0.25) is 4.79 Å². The lowest BCUT2D eigenvalue weighted by Crippen LogP contribution is -2.22. The third-order valence-corrected chi connectivity index (χ3v) is 2.99. The van der Waals surface area contributed by atoms with E-state index in [4.69, 9.17) is 0 Å². The van der Waals surface area contributed by atoms with Crippen LogP contribution in [0, 0.1) is 6.92 Å². The molecule has 1 aromatic heterocycles. The molecule has 0 fully saturated rings. The van der Waals surface area contributed by atoms with Crippen molar-refractivity contribution in [1.82, 2.24) is 15.3 Å². The Hall–Kier alpha value is -2.27. The zero-order chi connectivity index (χ0) is 13.7. The van der Waals surface area contributed by atoms with E-state index < -0.39 is 0 Å². The van der Waals surface area contributed by atoms with Crippen molar-refractivity contribution in [3.05, 3.63) is 48.0 Å². The molecule has 0 aliphatic carbocycles. The zero-order valence-electron chi connectivity index (χ0n) is 10.6. The van der Waals surface area contributed by atoms with Crippen molar-refractivity contribution < 1.29 is 9.90 Å². The average molecular weight is 257 g/mol. The van der Waals surface area contributed by atoms with E-state index in [2.05, 4.69) is 15.3 Å². The first-order valence-corrected chi connectivity index (χ1v) is 5.93. The quantitative estimate of drug-likeness (QED) is 0.790. The van der Waals surface area contributed by atoms with E-state index in [0.717, 1.165) is 22.4 Å². The number of amides is 1. The van der Waals surface area contributed by atoms with Gasteiger partial charge in [0.15, 0.2) is 0 Å². The Morgan fingerprint density at radius 3 is 2.68 bits per heavy atom. The van der Waals surface area contributed by atoms with Crippen LogP contribution in [-0.4, -0.2) is 28.1 Å². The Labute approximate surface area is 111 Å². The average Bonchev–Trinajstić information content (AvgIpc) is 2.46. The molecule has 5 nitrogen and oxygen atoms in total. The van der Waals surface area contributed by atoms with Gasteiger partial charge >= 0.3 is 0 Å². The molecule has 2 N–H and O–H groups in total. The molecule has 98 valence electrons. The second-order valence-corrected chi connectivity index (χ2v) is 4.16. The van der Waals surface area contributed by atoms with Crippen LogP contribution < -0.4 is 5.32 Å². The molecular formula is C14H15N3O2. The van der Waals surface area contributed by atoms with E-state index in [9.17, 15) is 9.90 Å². The maximum absolute atomic E-state index is 10.4. The highest BCUT2D eigenvalue weighted by molar-refractivity contribution is 5.65. The minimum absolute atomic E-state index is 0.133. The monoisotopic (exact) mass is 257 g/mol. The van der Waals surface area contributed by atoms with Crippen molar-refractivity contribution in [2.45, 2.75) is 13.0 Å². The van der Waals surface area contributed by atoms with Crippen LogP contribution in [-0.2, 0) is 4.79 Å². The SMILES string of the molecule is Cc1ncncc1-c1ccc(C(CO)NC=O)cc1. The molecule has 1 aromatic carbocycles. The second-order valence-electron chi connectivity index (χ2n) is 4.16. The number of benzene rings is 1. The summed E-state index contributed by atoms with van der Waals surface area (Å²) in [6.45, 7) is 1.79. The fraction of sp³-hybridized carbons (Fsp3) is 0.214. The third-order valence-electron chi connectivity index (χ3n) is 2.99. The van der Waals surface area contributed by atoms with Crippen LogP contribution in [0.2, 0.25) is 0 Å². The van der Waals surface area contributed by atoms with Gasteiger partial charge in [0.1, 0.15) is 6.33 Å². The number of nitrogens with zero attached hydrogens (tertiary/aromatic N) is 2. The van der Waals surface area contributed by atoms with Gasteiger partial charge in [0.2, 0.25) is 6.41 Å². The highest BCUT2D eigenvalue weighted by atomic mass is 16.3. The summed E-state index contributed by atoms with van der Waals surface area (Å²) in [5, 5.41) is 11.8. The third kappa shape index (κ3) is 2.95. The van der Waals surface area contributed by atoms with Crippen molar-refractivity contribution in [2.75, 3.05) is 6.61 Å². The smallest absolute Gasteiger partial charge is 0.207 e. The fourth-order valence-electron chi connectivity index (χ4n) is 1.91. The number of aliphatic hydroxyl groups is 1. The summed E-state index contributed by atoms with van der Waals surface area (Å²) < 4.78 is 0. The molecule has 2 aromatic rings. The topological polar surface area (TPSA) is 75.1 Å². The summed E-state index contributed by atoms with van der Waals surface area (Å²) >= 11 is 0. The number of hydrogen-bond donors (Lipinski definition) is 2. The number of aliphatic hydroxyl groups excluding tert-OH is 1. The largest absolute Gasteiger partial charge is 0.394 e. The number of carbonyl (C=O) groups is 1. The molecule has 1 amide bonds. The Morgan fingerprint density at radius 1 is 1.37 bits per heavy atom. The van der Waals surface area contributed by atoms with Crippen molar-refractivity contribution in [3.8, 4) is 11.1 Å². The second kappa shape index (κ2) is 6.06. The van der Waals surface area contributed by atoms with Crippen molar-refractivity contribution >= 4 is 6.41 Å². The number of nitrogens with one attached hydrogen (secondary N) is 1. The van der Waals surface area contributed by atoms with E-state index in [1.54, 1.807) is 6.20 Å². The van der Waals surface area contributed by atoms with Crippen LogP contribution in [0.25, 0.3) is 11.1 Å². The van der Waals surface area contributed by atoms with Crippen LogP contribution in [0.15, 0.2) is 36.8 Å². The molecule has 19 heavy (non-hydrogen) atoms. The summed E-state index contributed by atoms with van der Waals surface area (Å²) in [5.74, 6) is 0. The van der Waals surface area contributed by atoms with Crippen LogP contribution in [0.4, 0.5) is 0 Å². The Kier molecular flexibility index (Phi) is 4.20. The lowest BCUT2D eigenvalue weighted by Gasteiger charge is -2.14. The molecule has 0 saturated carbocycles. The predicted octanol–water partition coefficient (Wildman–Crippen LogP) is 1.23. The van der Waals surface area contributed by atoms with Crippen molar-refractivity contribution in [3.63, 3.8) is 0 Å². The summed E-state index contributed by atoms with van der Waals surface area (Å²) in [5.41, 5.74) is 3.74. The highest BCUT2D eigenvalue weighted by Gasteiger charge is 2.09. The van der Waals surface area contributed by atoms with E-state index in [0.29, 0.717) is 6.41 Å². The molecule has 1 heterocycles. The van der Waals surface area contributed by atoms with Crippen LogP contribution in [0.5, 0.6) is 0 Å². The van der Waals surface area contributed by atoms with E-state index in [-0.39, 0.29) is 12.6 Å². The normalized spacial score (nSPS) is 11.9. The van der Waals surface area contributed by atoms with E-state index in [1.807, 2.05) is 31.2 Å². The zero-order valence-corrected chi connectivity index (χ0v) is 10.6. The summed E-state index contributed by atoms with van der Waals surface area (Å²) in [6, 6.07) is 7.23. The van der Waals surface area contributed by atoms with Gasteiger partial charge in [-0.25, -0.2) is 9.97 Å². The lowest BCUT2D eigenvalue weighted by molar-refractivity contribution is -0.110. The summed E-state index contributed by atoms with van der Waals surface area (Å²) in [6.07, 6.45) is 3.87. The molecule has 5 heteroatoms. The number of hydrogen-bond acceptors (Lipinski definition) is 4. The molecule has 0 radical (unpaired) electrons. The number of aryl methyl sites for hydroxylation is 1. The fourth-order valence-corrected chi connectivity index (χ4v) is 1.91. The minimum atomic E-state index is -0.375. The maximum Gasteiger partial charge on any atom is 0.207 e. The predicted molar refractivity (Wildman–Crippen MR) is 71.2 cm³/mol. The summed E-state index contributed by atoms with van der Waals surface area (Å²) in [4.78, 5) is 18.6. The van der Waals surface area contributed by atoms with Crippen LogP contribution in [0.3, 0.4) is 0 Å². The van der Waals surface area contributed by atoms with Crippen molar-refractivity contribution in [1.29, 1.82) is 0 Å². The Morgan fingerprint density at radius 2 is 2.11 bits per heavy atom. The Balaban J connectivity index is 2.28. The van der Waals surface area contributed by atoms with Gasteiger partial charge in [0, 0.05) is 17.5 Å². The minimum Gasteiger partial charge on any atom is -0.394 e. The standard InChI is InChI=1S/C14H15N3O2/c1-10-13(6-15-8-16-10)11-2-4-12(5-3-11)14(7-18)17-9-19/h2-6,8-9,14,18H,7H2,1H3,(H,17,19). The number of carbonyl (C=O) groups excluding carboxylic acids is 1. The van der Waals surface area contributed by atoms with Gasteiger partial charge in [-0.15, -0.1) is 0 Å². The molecule has 0 bridgehead atoms. The van der Waals surface area contributed by atoms with Gasteiger partial charge in [0.25, 0.3) is 0 Å². The van der Waals surface area contributed by atoms with Crippen LogP contribution in [0.1, 0.15) is 17.3 Å². The van der Waals surface area contributed by atoms with E-state index in [1.165, 1.54) is 6.33 Å². The van der Waals surface area contributed by atoms with Gasteiger partial charge < -0.3 is 10.4 Å². The first-order valence-electron chi connectivity index (χ1n) is 5.93. The lowest BCUT2D eigenvalue weighted by atomic mass is 10.0. The van der Waals surface area contributed by atoms with Gasteiger partial charge in [-0.05, 0) is 18.1 Å². The molecule has 0 saturated heterocycles. The van der Waals surface area contributed by atoms with Crippen molar-refractivity contribution in [2.24, 2.45) is 0 Å². The molecule has 1 unspecified atom stereocenters. The number of aromatic nitrogens is 2. The molecular weight excluding hydrogens is 242 g/mol. The molecule has 0 spiro atoms. The molecule has 0 aliphatic rings. The van der Waals surface area contributed by atoms with Gasteiger partial charge in [0.05, 0.1) is 12.6 Å². The first kappa shape index (κ1) is 13.2. The van der Waals surface area contributed by atoms with Gasteiger partial charge in [-0.2, -0.15) is 0 Å². The van der Waals surface area contributed by atoms with E-state index >= 15 is 0 Å². The summed E-state index contributed by atoms with van der Waals surface area (Å²) in [7, 11) is 0.